The summed E-state index contributed by atoms with van der Waals surface area (Å²) in [6, 6.07) is 0.805. The fraction of sp³-hybridized carbons (Fsp3) is 1.00. The zero-order valence-corrected chi connectivity index (χ0v) is 10.4. The molecule has 2 unspecified atom stereocenters. The molecule has 0 aromatic rings. The summed E-state index contributed by atoms with van der Waals surface area (Å²) in [4.78, 5) is 5.11. The Bertz CT molecular complexity index is 191. The first-order valence-corrected chi connectivity index (χ1v) is 6.32. The van der Waals surface area contributed by atoms with E-state index in [0.717, 1.165) is 17.9 Å². The average Bonchev–Trinajstić information content (AvgIpc) is 2.16. The molecule has 15 heavy (non-hydrogen) atoms. The lowest BCUT2D eigenvalue weighted by molar-refractivity contribution is 0.0116. The smallest absolute Gasteiger partial charge is 0.0194 e. The van der Waals surface area contributed by atoms with Crippen molar-refractivity contribution in [3.63, 3.8) is 0 Å². The van der Waals surface area contributed by atoms with Crippen molar-refractivity contribution in [2.45, 2.75) is 19.4 Å². The molecule has 1 N–H and O–H groups in total. The van der Waals surface area contributed by atoms with Crippen LogP contribution in [0.25, 0.3) is 0 Å². The third-order valence-corrected chi connectivity index (χ3v) is 3.90. The van der Waals surface area contributed by atoms with Crippen LogP contribution in [0.2, 0.25) is 0 Å². The topological polar surface area (TPSA) is 18.5 Å². The van der Waals surface area contributed by atoms with Gasteiger partial charge >= 0.3 is 0 Å². The third-order valence-electron chi connectivity index (χ3n) is 3.90. The maximum absolute atomic E-state index is 3.58. The second-order valence-electron chi connectivity index (χ2n) is 5.39. The quantitative estimate of drug-likeness (QED) is 0.732. The summed E-state index contributed by atoms with van der Waals surface area (Å²) < 4.78 is 0. The molecule has 0 aliphatic carbocycles. The Morgan fingerprint density at radius 2 is 1.80 bits per heavy atom. The van der Waals surface area contributed by atoms with Gasteiger partial charge in [-0.05, 0) is 38.9 Å². The lowest BCUT2D eigenvalue weighted by Crippen LogP contribution is -2.63. The Balaban J connectivity index is 2.01. The standard InChI is InChI=1S/C12H25N3/c1-4-5-15-8-10-6-13-7-11(9-15)12(10)14(2)3/h10-13H,4-9H2,1-3H3. The molecule has 0 spiro atoms. The Morgan fingerprint density at radius 1 is 1.20 bits per heavy atom. The van der Waals surface area contributed by atoms with Crippen LogP contribution in [0.1, 0.15) is 13.3 Å². The van der Waals surface area contributed by atoms with Gasteiger partial charge in [0.1, 0.15) is 0 Å². The minimum atomic E-state index is 0.805. The molecule has 2 aliphatic rings. The van der Waals surface area contributed by atoms with Crippen LogP contribution in [0.3, 0.4) is 0 Å². The van der Waals surface area contributed by atoms with E-state index < -0.39 is 0 Å². The van der Waals surface area contributed by atoms with E-state index in [9.17, 15) is 0 Å². The van der Waals surface area contributed by atoms with E-state index in [-0.39, 0.29) is 0 Å². The maximum atomic E-state index is 3.58. The van der Waals surface area contributed by atoms with Crippen molar-refractivity contribution in [3.05, 3.63) is 0 Å². The highest BCUT2D eigenvalue weighted by atomic mass is 15.2. The Hall–Kier alpha value is -0.120. The molecular formula is C12H25N3. The molecule has 2 aliphatic heterocycles. The predicted octanol–water partition coefficient (Wildman–Crippen LogP) is 0.478. The van der Waals surface area contributed by atoms with Crippen LogP contribution in [0.15, 0.2) is 0 Å². The van der Waals surface area contributed by atoms with Gasteiger partial charge < -0.3 is 15.1 Å². The summed E-state index contributed by atoms with van der Waals surface area (Å²) in [6.45, 7) is 8.57. The molecule has 3 heteroatoms. The van der Waals surface area contributed by atoms with Crippen LogP contribution in [0.4, 0.5) is 0 Å². The Morgan fingerprint density at radius 3 is 2.27 bits per heavy atom. The second kappa shape index (κ2) is 4.81. The van der Waals surface area contributed by atoms with Crippen molar-refractivity contribution in [2.75, 3.05) is 46.8 Å². The predicted molar refractivity (Wildman–Crippen MR) is 64.1 cm³/mol. The van der Waals surface area contributed by atoms with Gasteiger partial charge in [0.15, 0.2) is 0 Å². The number of fused-ring (bicyclic) bond motifs is 2. The molecule has 2 rings (SSSR count). The second-order valence-corrected chi connectivity index (χ2v) is 5.39. The van der Waals surface area contributed by atoms with Crippen molar-refractivity contribution >= 4 is 0 Å². The SMILES string of the molecule is CCCN1CC2CNCC(C1)C2N(C)C. The van der Waals surface area contributed by atoms with E-state index in [2.05, 4.69) is 36.1 Å². The maximum Gasteiger partial charge on any atom is 0.0194 e. The number of likely N-dealkylation sites (tertiary alicyclic amines) is 1. The van der Waals surface area contributed by atoms with Crippen LogP contribution in [0, 0.1) is 11.8 Å². The van der Waals surface area contributed by atoms with Crippen LogP contribution >= 0.6 is 0 Å². The summed E-state index contributed by atoms with van der Waals surface area (Å²) in [5.74, 6) is 1.66. The molecule has 2 bridgehead atoms. The Kier molecular flexibility index (Phi) is 3.65. The summed E-state index contributed by atoms with van der Waals surface area (Å²) >= 11 is 0. The van der Waals surface area contributed by atoms with E-state index in [1.807, 2.05) is 0 Å². The third kappa shape index (κ3) is 2.35. The summed E-state index contributed by atoms with van der Waals surface area (Å²) in [5.41, 5.74) is 0. The molecule has 0 aromatic heterocycles. The van der Waals surface area contributed by atoms with Crippen molar-refractivity contribution in [3.8, 4) is 0 Å². The van der Waals surface area contributed by atoms with Crippen LogP contribution in [0.5, 0.6) is 0 Å². The molecule has 0 amide bonds. The molecule has 88 valence electrons. The zero-order chi connectivity index (χ0) is 10.8. The van der Waals surface area contributed by atoms with Gasteiger partial charge in [-0.3, -0.25) is 0 Å². The van der Waals surface area contributed by atoms with E-state index in [4.69, 9.17) is 0 Å². The highest BCUT2D eigenvalue weighted by Gasteiger charge is 2.39. The molecule has 2 atom stereocenters. The first-order valence-electron chi connectivity index (χ1n) is 6.32. The van der Waals surface area contributed by atoms with Gasteiger partial charge in [0.25, 0.3) is 0 Å². The zero-order valence-electron chi connectivity index (χ0n) is 10.4. The fourth-order valence-electron chi connectivity index (χ4n) is 3.51. The first-order chi connectivity index (χ1) is 7.22. The number of piperidine rings is 2. The first kappa shape index (κ1) is 11.4. The van der Waals surface area contributed by atoms with Crippen molar-refractivity contribution in [1.29, 1.82) is 0 Å². The van der Waals surface area contributed by atoms with Gasteiger partial charge in [0.05, 0.1) is 0 Å². The van der Waals surface area contributed by atoms with Crippen LogP contribution < -0.4 is 5.32 Å². The molecule has 2 fully saturated rings. The van der Waals surface area contributed by atoms with E-state index >= 15 is 0 Å². The summed E-state index contributed by atoms with van der Waals surface area (Å²) in [7, 11) is 4.48. The minimum absolute atomic E-state index is 0.805. The molecule has 0 saturated carbocycles. The fourth-order valence-corrected chi connectivity index (χ4v) is 3.51. The normalized spacial score (nSPS) is 37.2. The number of nitrogens with one attached hydrogen (secondary N) is 1. The number of hydrogen-bond acceptors (Lipinski definition) is 3. The van der Waals surface area contributed by atoms with Crippen LogP contribution in [-0.2, 0) is 0 Å². The highest BCUT2D eigenvalue weighted by molar-refractivity contribution is 4.96. The van der Waals surface area contributed by atoms with Crippen molar-refractivity contribution < 1.29 is 0 Å². The summed E-state index contributed by atoms with van der Waals surface area (Å²) in [5, 5.41) is 3.58. The van der Waals surface area contributed by atoms with Gasteiger partial charge in [-0.1, -0.05) is 6.92 Å². The largest absolute Gasteiger partial charge is 0.316 e. The molecule has 0 aromatic carbocycles. The van der Waals surface area contributed by atoms with Crippen molar-refractivity contribution in [1.82, 2.24) is 15.1 Å². The molecule has 3 nitrogen and oxygen atoms in total. The highest BCUT2D eigenvalue weighted by Crippen LogP contribution is 2.28. The monoisotopic (exact) mass is 211 g/mol. The van der Waals surface area contributed by atoms with Gasteiger partial charge in [-0.25, -0.2) is 0 Å². The minimum Gasteiger partial charge on any atom is -0.316 e. The van der Waals surface area contributed by atoms with E-state index in [1.165, 1.54) is 39.1 Å². The molecular weight excluding hydrogens is 186 g/mol. The Labute approximate surface area is 93.8 Å². The van der Waals surface area contributed by atoms with E-state index in [1.54, 1.807) is 0 Å². The van der Waals surface area contributed by atoms with Gasteiger partial charge in [-0.15, -0.1) is 0 Å². The van der Waals surface area contributed by atoms with Crippen molar-refractivity contribution in [2.24, 2.45) is 11.8 Å². The lowest BCUT2D eigenvalue weighted by Gasteiger charge is -2.50. The lowest BCUT2D eigenvalue weighted by atomic mass is 9.79. The molecule has 2 saturated heterocycles. The number of nitrogens with zero attached hydrogens (tertiary/aromatic N) is 2. The molecule has 0 radical (unpaired) electrons. The number of rotatable bonds is 3. The average molecular weight is 211 g/mol. The van der Waals surface area contributed by atoms with Gasteiger partial charge in [-0.2, -0.15) is 0 Å². The van der Waals surface area contributed by atoms with Crippen LogP contribution in [-0.4, -0.2) is 62.7 Å². The van der Waals surface area contributed by atoms with Gasteiger partial charge in [0.2, 0.25) is 0 Å². The summed E-state index contributed by atoms with van der Waals surface area (Å²) in [6.07, 6.45) is 1.29. The van der Waals surface area contributed by atoms with E-state index in [0.29, 0.717) is 0 Å². The molecule has 2 heterocycles. The number of hydrogen-bond donors (Lipinski definition) is 1. The van der Waals surface area contributed by atoms with Gasteiger partial charge in [0, 0.05) is 32.2 Å².